The lowest BCUT2D eigenvalue weighted by Gasteiger charge is -2.55. The number of benzene rings is 1. The molecular weight excluding hydrogens is 372 g/mol. The number of esters is 2. The van der Waals surface area contributed by atoms with E-state index in [9.17, 15) is 9.59 Å². The lowest BCUT2D eigenvalue weighted by molar-refractivity contribution is -0.180. The Morgan fingerprint density at radius 3 is 2.52 bits per heavy atom. The Labute approximate surface area is 172 Å². The monoisotopic (exact) mass is 402 g/mol. The minimum atomic E-state index is -0.395. The van der Waals surface area contributed by atoms with E-state index in [4.69, 9.17) is 18.9 Å². The molecule has 29 heavy (non-hydrogen) atoms. The molecule has 0 amide bonds. The summed E-state index contributed by atoms with van der Waals surface area (Å²) in [6.45, 7) is 10.2. The SMILES string of the molecule is COc1cc([C@@H]2OC[C@@]3(COC(C)=O)[C@@H](C)C=C(C)[C@H]2[C@@H]3C)ccc1OC(C)=O. The van der Waals surface area contributed by atoms with Crippen molar-refractivity contribution in [1.29, 1.82) is 0 Å². The van der Waals surface area contributed by atoms with Crippen LogP contribution in [0.2, 0.25) is 0 Å². The zero-order valence-electron chi connectivity index (χ0n) is 18.0. The third-order valence-electron chi connectivity index (χ3n) is 6.56. The second-order valence-electron chi connectivity index (χ2n) is 8.26. The van der Waals surface area contributed by atoms with Crippen LogP contribution in [0, 0.1) is 23.2 Å². The number of hydrogen-bond donors (Lipinski definition) is 0. The second kappa shape index (κ2) is 8.19. The molecule has 0 saturated carbocycles. The Kier molecular flexibility index (Phi) is 6.03. The van der Waals surface area contributed by atoms with Crippen molar-refractivity contribution in [2.75, 3.05) is 20.3 Å². The number of ether oxygens (including phenoxy) is 4. The van der Waals surface area contributed by atoms with Crippen molar-refractivity contribution >= 4 is 11.9 Å². The van der Waals surface area contributed by atoms with Crippen molar-refractivity contribution in [3.05, 3.63) is 35.4 Å². The van der Waals surface area contributed by atoms with Crippen LogP contribution in [0.15, 0.2) is 29.8 Å². The molecule has 158 valence electrons. The topological polar surface area (TPSA) is 71.1 Å². The van der Waals surface area contributed by atoms with E-state index in [-0.39, 0.29) is 35.2 Å². The van der Waals surface area contributed by atoms with Crippen molar-refractivity contribution in [3.63, 3.8) is 0 Å². The number of hydrogen-bond acceptors (Lipinski definition) is 6. The molecule has 0 radical (unpaired) electrons. The van der Waals surface area contributed by atoms with E-state index in [1.807, 2.05) is 12.1 Å². The maximum Gasteiger partial charge on any atom is 0.308 e. The molecule has 0 unspecified atom stereocenters. The molecule has 1 aliphatic carbocycles. The van der Waals surface area contributed by atoms with Crippen LogP contribution in [0.25, 0.3) is 0 Å². The molecule has 1 aliphatic heterocycles. The molecule has 0 aromatic heterocycles. The molecule has 2 bridgehead atoms. The first-order valence-electron chi connectivity index (χ1n) is 9.99. The quantitative estimate of drug-likeness (QED) is 0.420. The highest BCUT2D eigenvalue weighted by molar-refractivity contribution is 5.70. The van der Waals surface area contributed by atoms with Crippen molar-refractivity contribution < 1.29 is 28.5 Å². The van der Waals surface area contributed by atoms with Gasteiger partial charge in [0.1, 0.15) is 0 Å². The normalized spacial score (nSPS) is 30.9. The molecule has 5 atom stereocenters. The number of carbonyl (C=O) groups excluding carboxylic acids is 2. The summed E-state index contributed by atoms with van der Waals surface area (Å²) in [7, 11) is 1.55. The summed E-state index contributed by atoms with van der Waals surface area (Å²) in [5.41, 5.74) is 2.00. The standard InChI is InChI=1S/C23H30O6/c1-13-9-14(2)23(11-27-16(4)24)12-28-22(21(13)15(23)3)18-7-8-19(29-17(5)25)20(10-18)26-6/h7-10,14-15,21-22H,11-12H2,1-6H3/t14-,15-,21-,22-,23-/m0/s1. The van der Waals surface area contributed by atoms with Gasteiger partial charge >= 0.3 is 11.9 Å². The maximum absolute atomic E-state index is 11.5. The average molecular weight is 402 g/mol. The van der Waals surface area contributed by atoms with Gasteiger partial charge in [0.25, 0.3) is 0 Å². The number of fused-ring (bicyclic) bond motifs is 2. The third-order valence-corrected chi connectivity index (χ3v) is 6.56. The molecule has 1 saturated heterocycles. The molecular formula is C23H30O6. The van der Waals surface area contributed by atoms with Crippen LogP contribution in [0.3, 0.4) is 0 Å². The smallest absolute Gasteiger partial charge is 0.308 e. The van der Waals surface area contributed by atoms with Gasteiger partial charge in [0.15, 0.2) is 11.5 Å². The lowest BCUT2D eigenvalue weighted by atomic mass is 9.56. The highest BCUT2D eigenvalue weighted by atomic mass is 16.6. The fourth-order valence-corrected chi connectivity index (χ4v) is 4.89. The fourth-order valence-electron chi connectivity index (χ4n) is 4.89. The Hall–Kier alpha value is -2.34. The van der Waals surface area contributed by atoms with Gasteiger partial charge in [-0.15, -0.1) is 0 Å². The van der Waals surface area contributed by atoms with Crippen LogP contribution in [-0.2, 0) is 19.1 Å². The van der Waals surface area contributed by atoms with E-state index < -0.39 is 5.97 Å². The molecule has 1 fully saturated rings. The Bertz CT molecular complexity index is 829. The van der Waals surface area contributed by atoms with Crippen molar-refractivity contribution in [3.8, 4) is 11.5 Å². The van der Waals surface area contributed by atoms with Crippen molar-refractivity contribution in [2.24, 2.45) is 23.2 Å². The van der Waals surface area contributed by atoms with Crippen LogP contribution in [0.1, 0.15) is 46.3 Å². The summed E-state index contributed by atoms with van der Waals surface area (Å²) >= 11 is 0. The van der Waals surface area contributed by atoms with Crippen LogP contribution < -0.4 is 9.47 Å². The lowest BCUT2D eigenvalue weighted by Crippen LogP contribution is -2.54. The average Bonchev–Trinajstić information content (AvgIpc) is 2.65. The first-order valence-corrected chi connectivity index (χ1v) is 9.99. The van der Waals surface area contributed by atoms with Gasteiger partial charge in [0, 0.05) is 25.2 Å². The molecule has 2 aliphatic rings. The van der Waals surface area contributed by atoms with Crippen LogP contribution in [-0.4, -0.2) is 32.3 Å². The van der Waals surface area contributed by atoms with E-state index in [1.54, 1.807) is 13.2 Å². The summed E-state index contributed by atoms with van der Waals surface area (Å²) in [5.74, 6) is 0.885. The Morgan fingerprint density at radius 2 is 1.90 bits per heavy atom. The van der Waals surface area contributed by atoms with Gasteiger partial charge in [-0.3, -0.25) is 9.59 Å². The predicted octanol–water partition coefficient (Wildman–Crippen LogP) is 4.09. The van der Waals surface area contributed by atoms with E-state index in [0.717, 1.165) is 5.56 Å². The van der Waals surface area contributed by atoms with Crippen molar-refractivity contribution in [2.45, 2.75) is 40.7 Å². The van der Waals surface area contributed by atoms with Gasteiger partial charge < -0.3 is 18.9 Å². The first-order chi connectivity index (χ1) is 13.7. The van der Waals surface area contributed by atoms with Crippen LogP contribution in [0.5, 0.6) is 11.5 Å². The molecule has 0 N–H and O–H groups in total. The molecule has 1 aromatic carbocycles. The molecule has 6 heteroatoms. The molecule has 3 rings (SSSR count). The summed E-state index contributed by atoms with van der Waals surface area (Å²) in [6, 6.07) is 5.54. The Balaban J connectivity index is 1.95. The van der Waals surface area contributed by atoms with Crippen molar-refractivity contribution in [1.82, 2.24) is 0 Å². The zero-order chi connectivity index (χ0) is 21.3. The molecule has 6 nitrogen and oxygen atoms in total. The second-order valence-corrected chi connectivity index (χ2v) is 8.26. The summed E-state index contributed by atoms with van der Waals surface area (Å²) in [4.78, 5) is 22.8. The number of rotatable bonds is 5. The zero-order valence-corrected chi connectivity index (χ0v) is 18.0. The van der Waals surface area contributed by atoms with Gasteiger partial charge in [0.05, 0.1) is 26.4 Å². The first kappa shape index (κ1) is 21.4. The van der Waals surface area contributed by atoms with Crippen LogP contribution in [0.4, 0.5) is 0 Å². The van der Waals surface area contributed by atoms with Gasteiger partial charge in [0.2, 0.25) is 0 Å². The highest BCUT2D eigenvalue weighted by Gasteiger charge is 2.54. The number of methoxy groups -OCH3 is 1. The van der Waals surface area contributed by atoms with E-state index >= 15 is 0 Å². The largest absolute Gasteiger partial charge is 0.493 e. The summed E-state index contributed by atoms with van der Waals surface area (Å²) in [5, 5.41) is 0. The fraction of sp³-hybridized carbons (Fsp3) is 0.565. The minimum absolute atomic E-state index is 0.153. The molecule has 1 aromatic rings. The minimum Gasteiger partial charge on any atom is -0.493 e. The maximum atomic E-state index is 11.5. The highest BCUT2D eigenvalue weighted by Crippen LogP contribution is 2.56. The number of carbonyl (C=O) groups is 2. The molecule has 1 heterocycles. The Morgan fingerprint density at radius 1 is 1.17 bits per heavy atom. The van der Waals surface area contributed by atoms with E-state index in [0.29, 0.717) is 24.7 Å². The van der Waals surface area contributed by atoms with Crippen LogP contribution >= 0.6 is 0 Å². The van der Waals surface area contributed by atoms with Gasteiger partial charge in [-0.25, -0.2) is 0 Å². The van der Waals surface area contributed by atoms with E-state index in [1.165, 1.54) is 19.4 Å². The molecule has 0 spiro atoms. The van der Waals surface area contributed by atoms with Gasteiger partial charge in [-0.1, -0.05) is 31.6 Å². The number of allylic oxidation sites excluding steroid dienone is 1. The van der Waals surface area contributed by atoms with E-state index in [2.05, 4.69) is 26.8 Å². The summed E-state index contributed by atoms with van der Waals surface area (Å²) in [6.07, 6.45) is 2.13. The summed E-state index contributed by atoms with van der Waals surface area (Å²) < 4.78 is 22.5. The van der Waals surface area contributed by atoms with Gasteiger partial charge in [-0.2, -0.15) is 0 Å². The third kappa shape index (κ3) is 3.90. The van der Waals surface area contributed by atoms with Gasteiger partial charge in [-0.05, 0) is 36.5 Å². The predicted molar refractivity (Wildman–Crippen MR) is 108 cm³/mol.